The molecule has 0 fully saturated rings. The van der Waals surface area contributed by atoms with E-state index >= 15 is 0 Å². The van der Waals surface area contributed by atoms with E-state index in [1.54, 1.807) is 0 Å². The highest BCUT2D eigenvalue weighted by Gasteiger charge is 2.24. The summed E-state index contributed by atoms with van der Waals surface area (Å²) in [5.41, 5.74) is 8.57. The minimum atomic E-state index is -0.332. The van der Waals surface area contributed by atoms with Gasteiger partial charge in [-0.15, -0.1) is 11.3 Å². The molecule has 0 radical (unpaired) electrons. The monoisotopic (exact) mass is 673 g/mol. The van der Waals surface area contributed by atoms with Crippen LogP contribution in [0.25, 0.3) is 75.2 Å². The lowest BCUT2D eigenvalue weighted by Crippen LogP contribution is -2.33. The first-order valence-corrected chi connectivity index (χ1v) is 17.8. The summed E-state index contributed by atoms with van der Waals surface area (Å²) < 4.78 is 15.2. The molecule has 240 valence electrons. The fraction of sp³-hybridized carbons (Fsp3) is 0.0222. The number of nitrogens with one attached hydrogen (secondary N) is 1. The van der Waals surface area contributed by atoms with Crippen molar-refractivity contribution in [3.05, 3.63) is 168 Å². The molecule has 3 aromatic heterocycles. The maximum atomic E-state index is 6.45. The zero-order valence-corrected chi connectivity index (χ0v) is 27.9. The molecule has 4 heterocycles. The minimum absolute atomic E-state index is 0.332. The van der Waals surface area contributed by atoms with Gasteiger partial charge < -0.3 is 14.2 Å². The summed E-state index contributed by atoms with van der Waals surface area (Å²) in [4.78, 5) is 10.5. The van der Waals surface area contributed by atoms with E-state index in [1.165, 1.54) is 20.2 Å². The Bertz CT molecular complexity index is 3070. The summed E-state index contributed by atoms with van der Waals surface area (Å²) in [6.45, 7) is 0. The SMILES string of the molecule is c1ccc(C2=NC(c3cccc4oc5ccc(-c6ccc7c(c6)oc6ccccc67)cc5c34)=NC(c3ccc4c(c3)sc3ccccc34)N2)cc1. The van der Waals surface area contributed by atoms with E-state index in [-0.39, 0.29) is 6.17 Å². The average Bonchev–Trinajstić information content (AvgIpc) is 3.88. The van der Waals surface area contributed by atoms with Gasteiger partial charge in [0.15, 0.2) is 5.84 Å². The summed E-state index contributed by atoms with van der Waals surface area (Å²) in [5.74, 6) is 1.45. The molecule has 11 rings (SSSR count). The molecule has 1 N–H and O–H groups in total. The zero-order valence-electron chi connectivity index (χ0n) is 27.1. The van der Waals surface area contributed by atoms with Crippen LogP contribution >= 0.6 is 11.3 Å². The Balaban J connectivity index is 1.07. The maximum absolute atomic E-state index is 6.45. The quantitative estimate of drug-likeness (QED) is 0.202. The van der Waals surface area contributed by atoms with Gasteiger partial charge in [-0.1, -0.05) is 103 Å². The third-order valence-electron chi connectivity index (χ3n) is 9.96. The van der Waals surface area contributed by atoms with Gasteiger partial charge in [0.1, 0.15) is 34.3 Å². The standard InChI is InChI=1S/C45H27N3O2S/c1-2-9-26(10-3-1)43-46-44(29-18-21-33-32-12-5-7-16-40(32)51-41(33)25-29)48-45(47-43)34-13-8-15-38-42(34)35-23-27(19-22-37(35)49-38)28-17-20-31-30-11-4-6-14-36(30)50-39(31)24-28/h1-25,44H,(H,46,47,48). The van der Waals surface area contributed by atoms with Gasteiger partial charge in [0.2, 0.25) is 0 Å². The van der Waals surface area contributed by atoms with Gasteiger partial charge in [-0.2, -0.15) is 0 Å². The number of hydrogen-bond donors (Lipinski definition) is 1. The van der Waals surface area contributed by atoms with Crippen molar-refractivity contribution < 1.29 is 8.83 Å². The Labute approximate surface area is 295 Å². The van der Waals surface area contributed by atoms with E-state index in [1.807, 2.05) is 59.9 Å². The Morgan fingerprint density at radius 2 is 1.20 bits per heavy atom. The molecule has 0 saturated heterocycles. The normalized spacial score (nSPS) is 14.9. The summed E-state index contributed by atoms with van der Waals surface area (Å²) in [6.07, 6.45) is -0.332. The van der Waals surface area contributed by atoms with Crippen molar-refractivity contribution in [2.24, 2.45) is 9.98 Å². The molecule has 5 nitrogen and oxygen atoms in total. The van der Waals surface area contributed by atoms with Gasteiger partial charge in [0.05, 0.1) is 0 Å². The van der Waals surface area contributed by atoms with E-state index in [0.717, 1.165) is 77.5 Å². The van der Waals surface area contributed by atoms with Crippen molar-refractivity contribution >= 4 is 87.1 Å². The van der Waals surface area contributed by atoms with Gasteiger partial charge >= 0.3 is 0 Å². The number of fused-ring (bicyclic) bond motifs is 9. The molecule has 10 aromatic rings. The number of thiophene rings is 1. The molecule has 1 atom stereocenters. The van der Waals surface area contributed by atoms with Crippen molar-refractivity contribution in [1.29, 1.82) is 0 Å². The summed E-state index contributed by atoms with van der Waals surface area (Å²) in [7, 11) is 0. The van der Waals surface area contributed by atoms with Crippen LogP contribution in [0.5, 0.6) is 0 Å². The number of hydrogen-bond acceptors (Lipinski definition) is 6. The van der Waals surface area contributed by atoms with Gasteiger partial charge in [-0.3, -0.25) is 0 Å². The lowest BCUT2D eigenvalue weighted by molar-refractivity contribution is 0.668. The topological polar surface area (TPSA) is 63.0 Å². The Morgan fingerprint density at radius 3 is 2.14 bits per heavy atom. The predicted molar refractivity (Wildman–Crippen MR) is 211 cm³/mol. The smallest absolute Gasteiger partial charge is 0.160 e. The second-order valence-electron chi connectivity index (χ2n) is 13.0. The molecule has 6 heteroatoms. The van der Waals surface area contributed by atoms with Gasteiger partial charge in [-0.25, -0.2) is 9.98 Å². The molecule has 0 bridgehead atoms. The molecule has 1 aliphatic rings. The Kier molecular flexibility index (Phi) is 6.12. The lowest BCUT2D eigenvalue weighted by Gasteiger charge is -2.24. The molecule has 0 aliphatic carbocycles. The van der Waals surface area contributed by atoms with E-state index in [4.69, 9.17) is 18.8 Å². The first-order valence-electron chi connectivity index (χ1n) is 17.0. The third kappa shape index (κ3) is 4.54. The second-order valence-corrected chi connectivity index (χ2v) is 14.1. The molecular formula is C45H27N3O2S. The van der Waals surface area contributed by atoms with Gasteiger partial charge in [-0.05, 0) is 65.2 Å². The van der Waals surface area contributed by atoms with Crippen LogP contribution in [0.15, 0.2) is 170 Å². The fourth-order valence-corrected chi connectivity index (χ4v) is 8.65. The van der Waals surface area contributed by atoms with Crippen LogP contribution in [0.3, 0.4) is 0 Å². The van der Waals surface area contributed by atoms with Crippen molar-refractivity contribution in [1.82, 2.24) is 5.32 Å². The van der Waals surface area contributed by atoms with E-state index < -0.39 is 0 Å². The molecule has 1 unspecified atom stereocenters. The Hall–Kier alpha value is -6.50. The molecule has 51 heavy (non-hydrogen) atoms. The molecule has 7 aromatic carbocycles. The highest BCUT2D eigenvalue weighted by atomic mass is 32.1. The van der Waals surface area contributed by atoms with Crippen molar-refractivity contribution in [2.45, 2.75) is 6.17 Å². The largest absolute Gasteiger partial charge is 0.456 e. The number of para-hydroxylation sites is 1. The number of furan rings is 2. The van der Waals surface area contributed by atoms with Gasteiger partial charge in [0, 0.05) is 52.8 Å². The van der Waals surface area contributed by atoms with Crippen molar-refractivity contribution in [3.8, 4) is 11.1 Å². The lowest BCUT2D eigenvalue weighted by atomic mass is 9.99. The summed E-state index contributed by atoms with van der Waals surface area (Å²) in [6, 6.07) is 52.7. The van der Waals surface area contributed by atoms with Crippen LogP contribution in [0.1, 0.15) is 22.9 Å². The molecule has 0 saturated carbocycles. The number of rotatable bonds is 4. The molecule has 1 aliphatic heterocycles. The molecule has 0 spiro atoms. The maximum Gasteiger partial charge on any atom is 0.160 e. The Morgan fingerprint density at radius 1 is 0.490 bits per heavy atom. The third-order valence-corrected chi connectivity index (χ3v) is 11.1. The van der Waals surface area contributed by atoms with Crippen LogP contribution in [0.4, 0.5) is 0 Å². The summed E-state index contributed by atoms with van der Waals surface area (Å²) >= 11 is 1.81. The van der Waals surface area contributed by atoms with Crippen LogP contribution < -0.4 is 5.32 Å². The van der Waals surface area contributed by atoms with E-state index in [2.05, 4.69) is 108 Å². The van der Waals surface area contributed by atoms with Crippen LogP contribution in [-0.4, -0.2) is 11.7 Å². The zero-order chi connectivity index (χ0) is 33.5. The minimum Gasteiger partial charge on any atom is -0.456 e. The van der Waals surface area contributed by atoms with Crippen LogP contribution in [0, 0.1) is 0 Å². The second kappa shape index (κ2) is 11.0. The highest BCUT2D eigenvalue weighted by Crippen LogP contribution is 2.39. The number of aliphatic imine (C=N–C) groups is 2. The summed E-state index contributed by atoms with van der Waals surface area (Å²) in [5, 5.41) is 10.5. The van der Waals surface area contributed by atoms with Crippen LogP contribution in [0.2, 0.25) is 0 Å². The van der Waals surface area contributed by atoms with Crippen molar-refractivity contribution in [2.75, 3.05) is 0 Å². The van der Waals surface area contributed by atoms with E-state index in [9.17, 15) is 0 Å². The van der Waals surface area contributed by atoms with E-state index in [0.29, 0.717) is 5.84 Å². The molecule has 0 amide bonds. The van der Waals surface area contributed by atoms with Crippen molar-refractivity contribution in [3.63, 3.8) is 0 Å². The fourth-order valence-electron chi connectivity index (χ4n) is 7.49. The van der Waals surface area contributed by atoms with Gasteiger partial charge in [0.25, 0.3) is 0 Å². The first kappa shape index (κ1) is 28.3. The first-order chi connectivity index (χ1) is 25.2. The number of amidine groups is 2. The van der Waals surface area contributed by atoms with Crippen LogP contribution in [-0.2, 0) is 0 Å². The highest BCUT2D eigenvalue weighted by molar-refractivity contribution is 7.25. The number of benzene rings is 7. The predicted octanol–water partition coefficient (Wildman–Crippen LogP) is 12.0. The average molecular weight is 674 g/mol. The number of nitrogens with zero attached hydrogens (tertiary/aromatic N) is 2. The molecular weight excluding hydrogens is 647 g/mol.